The molecule has 21 aromatic rings. The molecule has 0 spiro atoms. The predicted molar refractivity (Wildman–Crippen MR) is 418 cm³/mol. The number of hydrogen-bond donors (Lipinski definition) is 0. The fraction of sp³-hybridized carbons (Fsp3) is 0.0215. The molecule has 0 fully saturated rings. The van der Waals surface area contributed by atoms with Crippen molar-refractivity contribution in [2.75, 3.05) is 0 Å². The standard InChI is InChI=1S/C93H53F6N7/c94-92(95,96)58-46-57(47-59(49-58)93(97,98)99)55-36-41-89(105-85-42-37-60(101-77-27-9-1-19-64(77)65-20-2-10-28-78(65)101)50-72(85)73-51-61(38-43-86(73)105)102-79-29-11-3-21-66(79)67-22-4-12-30-80(67)102)76(48-55)91-56(54-100)18-17-35-90(91)106-87-44-39-62(103-81-31-13-5-23-68(81)69-24-6-14-32-82(69)103)52-74(87)75-53-63(40-45-88(75)106)104-83-33-15-7-25-70(83)71-26-8-16-34-84(71)104/h1-53H. The highest BCUT2D eigenvalue weighted by Gasteiger charge is 2.38. The summed E-state index contributed by atoms with van der Waals surface area (Å²) in [5, 5.41) is 24.1. The molecule has 0 radical (unpaired) electrons. The Morgan fingerprint density at radius 2 is 0.509 bits per heavy atom. The van der Waals surface area contributed by atoms with Gasteiger partial charge in [0.2, 0.25) is 0 Å². The summed E-state index contributed by atoms with van der Waals surface area (Å²) in [7, 11) is 0. The van der Waals surface area contributed by atoms with Gasteiger partial charge in [-0.15, -0.1) is 0 Å². The zero-order valence-electron chi connectivity index (χ0n) is 56.0. The van der Waals surface area contributed by atoms with E-state index in [1.54, 1.807) is 24.3 Å². The number of nitriles is 1. The molecule has 0 amide bonds. The summed E-state index contributed by atoms with van der Waals surface area (Å²) in [4.78, 5) is 0. The minimum Gasteiger partial charge on any atom is -0.309 e. The van der Waals surface area contributed by atoms with Crippen LogP contribution in [-0.4, -0.2) is 27.4 Å². The van der Waals surface area contributed by atoms with Crippen LogP contribution in [0.5, 0.6) is 0 Å². The monoisotopic (exact) mass is 1380 g/mol. The second-order valence-corrected chi connectivity index (χ2v) is 27.3. The van der Waals surface area contributed by atoms with Crippen molar-refractivity contribution in [1.82, 2.24) is 27.4 Å². The Balaban J connectivity index is 0.873. The van der Waals surface area contributed by atoms with Gasteiger partial charge in [0.25, 0.3) is 0 Å². The summed E-state index contributed by atoms with van der Waals surface area (Å²) in [6.07, 6.45) is -10.3. The van der Waals surface area contributed by atoms with E-state index in [-0.39, 0.29) is 22.8 Å². The molecule has 0 unspecified atom stereocenters. The molecule has 15 aromatic carbocycles. The van der Waals surface area contributed by atoms with Crippen LogP contribution in [0.4, 0.5) is 26.3 Å². The lowest BCUT2D eigenvalue weighted by atomic mass is 9.91. The molecule has 6 heterocycles. The number of hydrogen-bond acceptors (Lipinski definition) is 1. The first-order chi connectivity index (χ1) is 51.8. The van der Waals surface area contributed by atoms with Crippen LogP contribution in [0.25, 0.3) is 187 Å². The summed E-state index contributed by atoms with van der Waals surface area (Å²) in [5.41, 5.74) is 13.6. The molecule has 0 saturated heterocycles. The Labute approximate surface area is 599 Å². The lowest BCUT2D eigenvalue weighted by Gasteiger charge is -2.21. The molecule has 0 bridgehead atoms. The van der Waals surface area contributed by atoms with E-state index >= 15 is 26.3 Å². The fourth-order valence-corrected chi connectivity index (χ4v) is 17.2. The van der Waals surface area contributed by atoms with Crippen molar-refractivity contribution < 1.29 is 26.3 Å². The van der Waals surface area contributed by atoms with Gasteiger partial charge >= 0.3 is 12.4 Å². The number of fused-ring (bicyclic) bond motifs is 18. The third kappa shape index (κ3) is 8.94. The highest BCUT2D eigenvalue weighted by Crippen LogP contribution is 2.49. The maximum absolute atomic E-state index is 15.1. The van der Waals surface area contributed by atoms with Crippen molar-refractivity contribution in [3.05, 3.63) is 338 Å². The molecule has 13 heteroatoms. The fourth-order valence-electron chi connectivity index (χ4n) is 17.2. The van der Waals surface area contributed by atoms with E-state index in [4.69, 9.17) is 0 Å². The number of para-hydroxylation sites is 8. The number of aromatic nitrogens is 6. The Morgan fingerprint density at radius 1 is 0.226 bits per heavy atom. The normalized spacial score (nSPS) is 12.4. The van der Waals surface area contributed by atoms with Crippen molar-refractivity contribution in [2.45, 2.75) is 12.4 Å². The van der Waals surface area contributed by atoms with E-state index in [9.17, 15) is 5.26 Å². The van der Waals surface area contributed by atoms with Gasteiger partial charge in [0.1, 0.15) is 0 Å². The first kappa shape index (κ1) is 60.9. The molecule has 0 saturated carbocycles. The van der Waals surface area contributed by atoms with Crippen LogP contribution in [0.3, 0.4) is 0 Å². The molecule has 0 atom stereocenters. The Hall–Kier alpha value is -13.8. The van der Waals surface area contributed by atoms with Gasteiger partial charge in [0, 0.05) is 98.5 Å². The quantitative estimate of drug-likeness (QED) is 0.140. The predicted octanol–water partition coefficient (Wildman–Crippen LogP) is 25.5. The second-order valence-electron chi connectivity index (χ2n) is 27.3. The topological polar surface area (TPSA) is 53.4 Å². The summed E-state index contributed by atoms with van der Waals surface area (Å²) >= 11 is 0. The van der Waals surface area contributed by atoms with Crippen LogP contribution < -0.4 is 0 Å². The lowest BCUT2D eigenvalue weighted by Crippen LogP contribution is -2.11. The molecule has 6 aromatic heterocycles. The first-order valence-corrected chi connectivity index (χ1v) is 34.9. The van der Waals surface area contributed by atoms with E-state index in [2.05, 4.69) is 228 Å². The van der Waals surface area contributed by atoms with Crippen LogP contribution in [-0.2, 0) is 12.4 Å². The number of benzene rings is 15. The molecule has 7 nitrogen and oxygen atoms in total. The largest absolute Gasteiger partial charge is 0.416 e. The highest BCUT2D eigenvalue weighted by molar-refractivity contribution is 6.17. The summed E-state index contributed by atoms with van der Waals surface area (Å²) in [6, 6.07) is 107. The van der Waals surface area contributed by atoms with Crippen LogP contribution in [0.2, 0.25) is 0 Å². The third-order valence-electron chi connectivity index (χ3n) is 21.6. The van der Waals surface area contributed by atoms with Gasteiger partial charge in [0.15, 0.2) is 0 Å². The van der Waals surface area contributed by atoms with Gasteiger partial charge in [-0.1, -0.05) is 158 Å². The molecule has 0 N–H and O–H groups in total. The molecule has 0 aliphatic carbocycles. The van der Waals surface area contributed by atoms with Crippen LogP contribution in [0, 0.1) is 11.3 Å². The molecule has 502 valence electrons. The summed E-state index contributed by atoms with van der Waals surface area (Å²) in [6.45, 7) is 0. The van der Waals surface area contributed by atoms with Gasteiger partial charge in [0.05, 0.1) is 100 Å². The average Bonchev–Trinajstić information content (AvgIpc) is 1.55. The van der Waals surface area contributed by atoms with E-state index in [1.165, 1.54) is 0 Å². The van der Waals surface area contributed by atoms with Crippen molar-refractivity contribution in [2.24, 2.45) is 0 Å². The smallest absolute Gasteiger partial charge is 0.309 e. The van der Waals surface area contributed by atoms with E-state index < -0.39 is 23.5 Å². The van der Waals surface area contributed by atoms with Crippen molar-refractivity contribution in [1.29, 1.82) is 5.26 Å². The molecule has 0 aliphatic rings. The number of halogens is 6. The van der Waals surface area contributed by atoms with Gasteiger partial charge in [-0.25, -0.2) is 0 Å². The van der Waals surface area contributed by atoms with E-state index in [1.807, 2.05) is 84.9 Å². The Bertz CT molecular complexity index is 6820. The van der Waals surface area contributed by atoms with E-state index in [0.717, 1.165) is 166 Å². The van der Waals surface area contributed by atoms with Crippen molar-refractivity contribution in [3.63, 3.8) is 0 Å². The zero-order chi connectivity index (χ0) is 71.0. The average molecular weight is 1380 g/mol. The SMILES string of the molecule is N#Cc1cccc(-n2c3ccc(-n4c5ccccc5c5ccccc54)cc3c3cc(-n4c5ccccc5c5ccccc54)ccc32)c1-c1cc(-c2cc(C(F)(F)F)cc(C(F)(F)F)c2)ccc1-n1c2ccc(-n3c4ccccc4c4ccccc43)cc2c2cc(-n3c4ccccc4c4ccccc43)ccc21. The second kappa shape index (κ2) is 22.6. The maximum Gasteiger partial charge on any atom is 0.416 e. The van der Waals surface area contributed by atoms with Gasteiger partial charge in [-0.3, -0.25) is 0 Å². The summed E-state index contributed by atoms with van der Waals surface area (Å²) in [5.74, 6) is 0. The molecular formula is C93H53F6N7. The van der Waals surface area contributed by atoms with Crippen LogP contribution in [0.15, 0.2) is 322 Å². The molecule has 106 heavy (non-hydrogen) atoms. The lowest BCUT2D eigenvalue weighted by molar-refractivity contribution is -0.143. The van der Waals surface area contributed by atoms with Crippen molar-refractivity contribution >= 4 is 131 Å². The molecular weight excluding hydrogens is 1330 g/mol. The van der Waals surface area contributed by atoms with Gasteiger partial charge in [-0.05, 0) is 175 Å². The van der Waals surface area contributed by atoms with Gasteiger partial charge in [-0.2, -0.15) is 31.6 Å². The van der Waals surface area contributed by atoms with Gasteiger partial charge < -0.3 is 27.4 Å². The number of nitrogens with zero attached hydrogens (tertiary/aromatic N) is 7. The maximum atomic E-state index is 15.1. The first-order valence-electron chi connectivity index (χ1n) is 34.9. The Morgan fingerprint density at radius 3 is 0.802 bits per heavy atom. The Kier molecular flexibility index (Phi) is 13.0. The third-order valence-corrected chi connectivity index (χ3v) is 21.6. The highest BCUT2D eigenvalue weighted by atomic mass is 19.4. The minimum absolute atomic E-state index is 0.0611. The number of rotatable bonds is 8. The van der Waals surface area contributed by atoms with Crippen molar-refractivity contribution in [3.8, 4) is 62.4 Å². The van der Waals surface area contributed by atoms with E-state index in [0.29, 0.717) is 22.5 Å². The molecule has 21 rings (SSSR count). The van der Waals surface area contributed by atoms with Crippen LogP contribution >= 0.6 is 0 Å². The zero-order valence-corrected chi connectivity index (χ0v) is 56.0. The van der Waals surface area contributed by atoms with Crippen LogP contribution in [0.1, 0.15) is 16.7 Å². The number of alkyl halides is 6. The minimum atomic E-state index is -5.14. The summed E-state index contributed by atoms with van der Waals surface area (Å²) < 4.78 is 104. The molecule has 0 aliphatic heterocycles.